The maximum Gasteiger partial charge on any atom is 0.290 e. The van der Waals surface area contributed by atoms with Gasteiger partial charge < -0.3 is 25.2 Å². The van der Waals surface area contributed by atoms with Gasteiger partial charge in [-0.1, -0.05) is 19.9 Å². The number of piperidine rings is 1. The second-order valence-corrected chi connectivity index (χ2v) is 15.0. The molecule has 44 heavy (non-hydrogen) atoms. The van der Waals surface area contributed by atoms with Crippen molar-refractivity contribution >= 4 is 38.1 Å². The van der Waals surface area contributed by atoms with E-state index in [-0.39, 0.29) is 42.6 Å². The Morgan fingerprint density at radius 2 is 1.95 bits per heavy atom. The lowest BCUT2D eigenvalue weighted by molar-refractivity contribution is -0.144. The van der Waals surface area contributed by atoms with Gasteiger partial charge in [0.2, 0.25) is 5.95 Å². The van der Waals surface area contributed by atoms with Crippen molar-refractivity contribution in [3.05, 3.63) is 36.0 Å². The van der Waals surface area contributed by atoms with E-state index in [1.54, 1.807) is 12.3 Å². The second-order valence-electron chi connectivity index (χ2n) is 12.8. The number of ether oxygens (including phenoxy) is 1. The average Bonchev–Trinajstić information content (AvgIpc) is 2.93. The third-order valence-corrected chi connectivity index (χ3v) is 9.67. The SMILES string of the molecule is CC(C)c1ccc(N2C[C@H](CS(C)(=O)=O)[C@H]2C)c2c(-c3ccnc(N4CC[C@@H](OCCN(C)C)C(F)(F)C4)n3)nc(N)cc12. The van der Waals surface area contributed by atoms with Gasteiger partial charge in [0.25, 0.3) is 5.92 Å². The van der Waals surface area contributed by atoms with Crippen molar-refractivity contribution < 1.29 is 21.9 Å². The Kier molecular flexibility index (Phi) is 9.03. The molecule has 1 aromatic carbocycles. The van der Waals surface area contributed by atoms with E-state index >= 15 is 8.78 Å². The van der Waals surface area contributed by atoms with Gasteiger partial charge in [0.1, 0.15) is 27.5 Å². The van der Waals surface area contributed by atoms with Crippen LogP contribution in [0.5, 0.6) is 0 Å². The fraction of sp³-hybridized carbons (Fsp3) is 0.581. The molecule has 2 aromatic heterocycles. The second kappa shape index (κ2) is 12.3. The van der Waals surface area contributed by atoms with E-state index in [0.29, 0.717) is 36.8 Å². The highest BCUT2D eigenvalue weighted by Gasteiger charge is 2.46. The molecule has 0 unspecified atom stereocenters. The molecule has 2 aliphatic rings. The first-order valence-electron chi connectivity index (χ1n) is 15.0. The largest absolute Gasteiger partial charge is 0.384 e. The number of aromatic nitrogens is 3. The normalized spacial score (nSPS) is 22.2. The lowest BCUT2D eigenvalue weighted by atomic mass is 9.87. The van der Waals surface area contributed by atoms with Crippen LogP contribution in [0, 0.1) is 5.92 Å². The molecule has 10 nitrogen and oxygen atoms in total. The fourth-order valence-corrected chi connectivity index (χ4v) is 7.38. The molecule has 2 aliphatic heterocycles. The Bertz CT molecular complexity index is 1620. The number of alkyl halides is 2. The molecular weight excluding hydrogens is 588 g/mol. The van der Waals surface area contributed by atoms with E-state index < -0.39 is 28.4 Å². The molecule has 0 aliphatic carbocycles. The van der Waals surface area contributed by atoms with Crippen LogP contribution in [0.4, 0.5) is 26.2 Å². The molecule has 2 fully saturated rings. The van der Waals surface area contributed by atoms with Gasteiger partial charge in [0, 0.05) is 55.1 Å². The zero-order chi connectivity index (χ0) is 32.0. The van der Waals surface area contributed by atoms with E-state index in [4.69, 9.17) is 20.4 Å². The summed E-state index contributed by atoms with van der Waals surface area (Å²) in [6, 6.07) is 7.71. The van der Waals surface area contributed by atoms with Crippen molar-refractivity contribution in [3.63, 3.8) is 0 Å². The number of fused-ring (bicyclic) bond motifs is 1. The number of hydrogen-bond acceptors (Lipinski definition) is 10. The number of sulfone groups is 1. The summed E-state index contributed by atoms with van der Waals surface area (Å²) in [5.41, 5.74) is 9.36. The van der Waals surface area contributed by atoms with Crippen LogP contribution in [-0.2, 0) is 14.6 Å². The third-order valence-electron chi connectivity index (χ3n) is 8.64. The van der Waals surface area contributed by atoms with Crippen molar-refractivity contribution in [1.82, 2.24) is 19.9 Å². The van der Waals surface area contributed by atoms with Crippen LogP contribution in [0.15, 0.2) is 30.5 Å². The molecule has 3 atom stereocenters. The van der Waals surface area contributed by atoms with Gasteiger partial charge in [-0.05, 0) is 62.5 Å². The van der Waals surface area contributed by atoms with Gasteiger partial charge in [-0.25, -0.2) is 32.2 Å². The van der Waals surface area contributed by atoms with Gasteiger partial charge in [-0.3, -0.25) is 0 Å². The average molecular weight is 632 g/mol. The lowest BCUT2D eigenvalue weighted by Crippen LogP contribution is -2.57. The lowest BCUT2D eigenvalue weighted by Gasteiger charge is -2.48. The smallest absolute Gasteiger partial charge is 0.290 e. The number of nitrogens with zero attached hydrogens (tertiary/aromatic N) is 6. The van der Waals surface area contributed by atoms with Crippen molar-refractivity contribution in [3.8, 4) is 11.4 Å². The number of nitrogens with two attached hydrogens (primary N) is 1. The number of halogens is 2. The van der Waals surface area contributed by atoms with E-state index in [1.165, 1.54) is 11.2 Å². The van der Waals surface area contributed by atoms with E-state index in [0.717, 1.165) is 22.0 Å². The van der Waals surface area contributed by atoms with Crippen LogP contribution in [0.25, 0.3) is 22.2 Å². The Hall–Kier alpha value is -3.16. The van der Waals surface area contributed by atoms with Crippen LogP contribution in [0.3, 0.4) is 0 Å². The molecule has 5 rings (SSSR count). The molecule has 0 bridgehead atoms. The van der Waals surface area contributed by atoms with Crippen LogP contribution in [0.1, 0.15) is 38.7 Å². The first-order chi connectivity index (χ1) is 20.6. The Labute approximate surface area is 258 Å². The number of anilines is 3. The fourth-order valence-electron chi connectivity index (χ4n) is 6.21. The third kappa shape index (κ3) is 6.74. The minimum absolute atomic E-state index is 0.00680. The minimum atomic E-state index is -3.12. The molecule has 240 valence electrons. The first kappa shape index (κ1) is 32.2. The first-order valence-corrected chi connectivity index (χ1v) is 17.1. The highest BCUT2D eigenvalue weighted by molar-refractivity contribution is 7.90. The topological polar surface area (TPSA) is 118 Å². The Balaban J connectivity index is 1.51. The summed E-state index contributed by atoms with van der Waals surface area (Å²) in [5.74, 6) is -2.22. The molecular formula is C31H43F2N7O3S. The highest BCUT2D eigenvalue weighted by atomic mass is 32.2. The van der Waals surface area contributed by atoms with Crippen LogP contribution in [-0.4, -0.2) is 105 Å². The molecule has 2 saturated heterocycles. The molecule has 2 N–H and O–H groups in total. The van der Waals surface area contributed by atoms with Crippen LogP contribution in [0.2, 0.25) is 0 Å². The quantitative estimate of drug-likeness (QED) is 0.351. The highest BCUT2D eigenvalue weighted by Crippen LogP contribution is 2.43. The summed E-state index contributed by atoms with van der Waals surface area (Å²) >= 11 is 0. The van der Waals surface area contributed by atoms with Gasteiger partial charge in [-0.15, -0.1) is 0 Å². The number of nitrogen functional groups attached to an aromatic ring is 1. The van der Waals surface area contributed by atoms with E-state index in [2.05, 4.69) is 35.9 Å². The number of benzene rings is 1. The van der Waals surface area contributed by atoms with Gasteiger partial charge >= 0.3 is 0 Å². The number of rotatable bonds is 10. The zero-order valence-electron chi connectivity index (χ0n) is 26.3. The molecule has 0 spiro atoms. The number of hydrogen-bond donors (Lipinski definition) is 1. The zero-order valence-corrected chi connectivity index (χ0v) is 27.1. The summed E-state index contributed by atoms with van der Waals surface area (Å²) in [7, 11) is 0.633. The maximum atomic E-state index is 15.2. The maximum absolute atomic E-state index is 15.2. The molecule has 0 saturated carbocycles. The van der Waals surface area contributed by atoms with Crippen molar-refractivity contribution in [2.45, 2.75) is 51.2 Å². The summed E-state index contributed by atoms with van der Waals surface area (Å²) in [4.78, 5) is 19.4. The minimum Gasteiger partial charge on any atom is -0.384 e. The summed E-state index contributed by atoms with van der Waals surface area (Å²) in [5, 5.41) is 1.78. The summed E-state index contributed by atoms with van der Waals surface area (Å²) < 4.78 is 59.9. The summed E-state index contributed by atoms with van der Waals surface area (Å²) in [6.07, 6.45) is 1.82. The summed E-state index contributed by atoms with van der Waals surface area (Å²) in [6.45, 7) is 7.41. The van der Waals surface area contributed by atoms with E-state index in [9.17, 15) is 8.42 Å². The predicted molar refractivity (Wildman–Crippen MR) is 171 cm³/mol. The van der Waals surface area contributed by atoms with E-state index in [1.807, 2.05) is 32.0 Å². The monoisotopic (exact) mass is 631 g/mol. The number of likely N-dealkylation sites (N-methyl/N-ethyl adjacent to an activating group) is 1. The standard InChI is InChI=1S/C31H43F2N7O3S/c1-19(2)22-7-8-25(40-16-21(20(40)3)17-44(6,41)42)28-23(22)15-27(34)37-29(28)24-9-11-35-30(36-24)39-12-10-26(31(32,33)18-39)43-14-13-38(4)5/h7-9,11,15,19-21,26H,10,12-14,16-18H2,1-6H3,(H2,34,37)/t20-,21-,26-/m1/s1. The molecule has 0 amide bonds. The van der Waals surface area contributed by atoms with Crippen molar-refractivity contribution in [2.75, 3.05) is 74.4 Å². The van der Waals surface area contributed by atoms with Crippen LogP contribution >= 0.6 is 0 Å². The Morgan fingerprint density at radius 1 is 1.20 bits per heavy atom. The predicted octanol–water partition coefficient (Wildman–Crippen LogP) is 4.06. The van der Waals surface area contributed by atoms with Crippen LogP contribution < -0.4 is 15.5 Å². The van der Waals surface area contributed by atoms with Crippen molar-refractivity contribution in [2.24, 2.45) is 5.92 Å². The molecule has 3 aromatic rings. The molecule has 4 heterocycles. The molecule has 13 heteroatoms. The van der Waals surface area contributed by atoms with Gasteiger partial charge in [0.05, 0.1) is 24.6 Å². The van der Waals surface area contributed by atoms with Gasteiger partial charge in [-0.2, -0.15) is 0 Å². The molecule has 0 radical (unpaired) electrons. The number of pyridine rings is 1. The van der Waals surface area contributed by atoms with Crippen molar-refractivity contribution in [1.29, 1.82) is 0 Å². The Morgan fingerprint density at radius 3 is 2.59 bits per heavy atom. The van der Waals surface area contributed by atoms with Gasteiger partial charge in [0.15, 0.2) is 0 Å².